The van der Waals surface area contributed by atoms with E-state index in [9.17, 15) is 0 Å². The molecule has 0 radical (unpaired) electrons. The van der Waals surface area contributed by atoms with Crippen molar-refractivity contribution in [1.29, 1.82) is 0 Å². The third-order valence-corrected chi connectivity index (χ3v) is 2.55. The van der Waals surface area contributed by atoms with Crippen LogP contribution < -0.4 is 11.1 Å². The molecule has 0 aliphatic heterocycles. The number of aromatic nitrogens is 4. The van der Waals surface area contributed by atoms with E-state index < -0.39 is 0 Å². The third kappa shape index (κ3) is 3.24. The number of nitrogens with one attached hydrogen (secondary N) is 1. The molecule has 3 N–H and O–H groups in total. The summed E-state index contributed by atoms with van der Waals surface area (Å²) in [5.74, 6) is 0.524. The lowest BCUT2D eigenvalue weighted by Crippen LogP contribution is -2.14. The van der Waals surface area contributed by atoms with Crippen LogP contribution in [0.2, 0.25) is 0 Å². The molecule has 6 nitrogen and oxygen atoms in total. The zero-order chi connectivity index (χ0) is 13.0. The van der Waals surface area contributed by atoms with Gasteiger partial charge in [0.05, 0.1) is 5.69 Å². The maximum Gasteiger partial charge on any atom is 0.223 e. The molecule has 7 heteroatoms. The molecule has 0 bridgehead atoms. The average Bonchev–Trinajstić information content (AvgIpc) is 2.75. The van der Waals surface area contributed by atoms with Crippen molar-refractivity contribution in [3.8, 4) is 0 Å². The number of thiocarbonyl (C=S) groups is 1. The average molecular weight is 262 g/mol. The molecule has 2 rings (SSSR count). The van der Waals surface area contributed by atoms with Crippen LogP contribution in [0.4, 0.5) is 5.95 Å². The maximum absolute atomic E-state index is 5.51. The van der Waals surface area contributed by atoms with Gasteiger partial charge in [-0.3, -0.25) is 4.68 Å². The number of rotatable bonds is 5. The lowest BCUT2D eigenvalue weighted by Gasteiger charge is -2.04. The van der Waals surface area contributed by atoms with Crippen LogP contribution in [-0.4, -0.2) is 31.3 Å². The summed E-state index contributed by atoms with van der Waals surface area (Å²) in [4.78, 5) is 8.56. The summed E-state index contributed by atoms with van der Waals surface area (Å²) < 4.78 is 1.78. The van der Waals surface area contributed by atoms with Gasteiger partial charge in [0.15, 0.2) is 0 Å². The van der Waals surface area contributed by atoms with Crippen LogP contribution in [-0.2, 0) is 13.5 Å². The van der Waals surface area contributed by atoms with Gasteiger partial charge in [-0.1, -0.05) is 12.2 Å². The Bertz CT molecular complexity index is 550. The van der Waals surface area contributed by atoms with Gasteiger partial charge in [0.1, 0.15) is 10.7 Å². The maximum atomic E-state index is 5.51. The number of hydrogen-bond acceptors (Lipinski definition) is 5. The third-order valence-electron chi connectivity index (χ3n) is 2.34. The summed E-state index contributed by atoms with van der Waals surface area (Å²) in [6.45, 7) is 0.706. The Kier molecular flexibility index (Phi) is 3.83. The van der Waals surface area contributed by atoms with Gasteiger partial charge in [-0.15, -0.1) is 0 Å². The smallest absolute Gasteiger partial charge is 0.223 e. The summed E-state index contributed by atoms with van der Waals surface area (Å²) in [6.07, 6.45) is 4.35. The van der Waals surface area contributed by atoms with Gasteiger partial charge in [-0.05, 0) is 12.1 Å². The topological polar surface area (TPSA) is 81.7 Å². The first-order valence-corrected chi connectivity index (χ1v) is 5.91. The number of aryl methyl sites for hydroxylation is 1. The van der Waals surface area contributed by atoms with Crippen molar-refractivity contribution in [3.63, 3.8) is 0 Å². The van der Waals surface area contributed by atoms with E-state index in [0.717, 1.165) is 12.1 Å². The molecule has 0 aliphatic rings. The van der Waals surface area contributed by atoms with Gasteiger partial charge >= 0.3 is 0 Å². The highest BCUT2D eigenvalue weighted by molar-refractivity contribution is 7.80. The van der Waals surface area contributed by atoms with Crippen molar-refractivity contribution in [2.45, 2.75) is 6.42 Å². The summed E-state index contributed by atoms with van der Waals surface area (Å²) in [6, 6.07) is 3.67. The van der Waals surface area contributed by atoms with Gasteiger partial charge in [0.25, 0.3) is 0 Å². The minimum atomic E-state index is 0.269. The van der Waals surface area contributed by atoms with Gasteiger partial charge < -0.3 is 11.1 Å². The first-order chi connectivity index (χ1) is 8.65. The molecule has 94 valence electrons. The lowest BCUT2D eigenvalue weighted by molar-refractivity contribution is 0.741. The fourth-order valence-corrected chi connectivity index (χ4v) is 1.59. The summed E-state index contributed by atoms with van der Waals surface area (Å²) in [5.41, 5.74) is 7.10. The van der Waals surface area contributed by atoms with Crippen LogP contribution in [0.1, 0.15) is 11.4 Å². The van der Waals surface area contributed by atoms with Crippen molar-refractivity contribution in [3.05, 3.63) is 35.9 Å². The Labute approximate surface area is 110 Å². The second-order valence-electron chi connectivity index (χ2n) is 3.79. The predicted molar refractivity (Wildman–Crippen MR) is 73.3 cm³/mol. The van der Waals surface area contributed by atoms with Gasteiger partial charge in [-0.2, -0.15) is 5.10 Å². The van der Waals surface area contributed by atoms with Gasteiger partial charge in [0, 0.05) is 32.4 Å². The van der Waals surface area contributed by atoms with Crippen molar-refractivity contribution in [1.82, 2.24) is 19.7 Å². The minimum Gasteiger partial charge on any atom is -0.388 e. The summed E-state index contributed by atoms with van der Waals surface area (Å²) in [5, 5.41) is 7.39. The van der Waals surface area contributed by atoms with Crippen LogP contribution in [0, 0.1) is 0 Å². The molecule has 0 amide bonds. The molecule has 0 aliphatic carbocycles. The van der Waals surface area contributed by atoms with E-state index in [1.54, 1.807) is 16.9 Å². The van der Waals surface area contributed by atoms with E-state index in [1.165, 1.54) is 0 Å². The van der Waals surface area contributed by atoms with Crippen LogP contribution in [0.5, 0.6) is 0 Å². The second-order valence-corrected chi connectivity index (χ2v) is 4.23. The van der Waals surface area contributed by atoms with Gasteiger partial charge in [-0.25, -0.2) is 9.97 Å². The highest BCUT2D eigenvalue weighted by Gasteiger charge is 2.02. The van der Waals surface area contributed by atoms with Gasteiger partial charge in [0.2, 0.25) is 5.95 Å². The highest BCUT2D eigenvalue weighted by atomic mass is 32.1. The van der Waals surface area contributed by atoms with E-state index in [1.807, 2.05) is 19.3 Å². The Hall–Kier alpha value is -2.02. The molecule has 2 aromatic rings. The van der Waals surface area contributed by atoms with E-state index >= 15 is 0 Å². The molecule has 2 heterocycles. The van der Waals surface area contributed by atoms with Crippen LogP contribution >= 0.6 is 12.2 Å². The van der Waals surface area contributed by atoms with E-state index in [0.29, 0.717) is 18.2 Å². The zero-order valence-electron chi connectivity index (χ0n) is 10.00. The zero-order valence-corrected chi connectivity index (χ0v) is 10.8. The molecule has 0 unspecified atom stereocenters. The summed E-state index contributed by atoms with van der Waals surface area (Å²) in [7, 11) is 1.89. The Morgan fingerprint density at radius 2 is 2.33 bits per heavy atom. The number of nitrogens with two attached hydrogens (primary N) is 1. The molecule has 18 heavy (non-hydrogen) atoms. The molecule has 0 atom stereocenters. The molecule has 2 aromatic heterocycles. The standard InChI is InChI=1S/C11H14N6S/c1-17-7-4-8(16-17)2-5-13-11-14-6-3-9(15-11)10(12)18/h3-4,6-7H,2,5H2,1H3,(H2,12,18)(H,13,14,15). The Morgan fingerprint density at radius 3 is 3.00 bits per heavy atom. The van der Waals surface area contributed by atoms with Crippen molar-refractivity contribution < 1.29 is 0 Å². The van der Waals surface area contributed by atoms with E-state index in [-0.39, 0.29) is 4.99 Å². The molecular formula is C11H14N6S. The second kappa shape index (κ2) is 5.54. The molecular weight excluding hydrogens is 248 g/mol. The molecule has 0 aromatic carbocycles. The number of nitrogens with zero attached hydrogens (tertiary/aromatic N) is 4. The molecule has 0 fully saturated rings. The van der Waals surface area contributed by atoms with Crippen LogP contribution in [0.15, 0.2) is 24.5 Å². The monoisotopic (exact) mass is 262 g/mol. The molecule has 0 saturated carbocycles. The fourth-order valence-electron chi connectivity index (χ4n) is 1.48. The Balaban J connectivity index is 1.90. The number of anilines is 1. The van der Waals surface area contributed by atoms with Crippen molar-refractivity contribution in [2.24, 2.45) is 12.8 Å². The first-order valence-electron chi connectivity index (χ1n) is 5.50. The largest absolute Gasteiger partial charge is 0.388 e. The first kappa shape index (κ1) is 12.4. The molecule has 0 spiro atoms. The van der Waals surface area contributed by atoms with Crippen molar-refractivity contribution in [2.75, 3.05) is 11.9 Å². The van der Waals surface area contributed by atoms with Crippen LogP contribution in [0.25, 0.3) is 0 Å². The summed E-state index contributed by atoms with van der Waals surface area (Å²) >= 11 is 4.86. The predicted octanol–water partition coefficient (Wildman–Crippen LogP) is 0.499. The minimum absolute atomic E-state index is 0.269. The quantitative estimate of drug-likeness (QED) is 0.764. The normalized spacial score (nSPS) is 10.3. The fraction of sp³-hybridized carbons (Fsp3) is 0.273. The van der Waals surface area contributed by atoms with Crippen molar-refractivity contribution >= 4 is 23.2 Å². The van der Waals surface area contributed by atoms with E-state index in [2.05, 4.69) is 20.4 Å². The Morgan fingerprint density at radius 1 is 1.50 bits per heavy atom. The SMILES string of the molecule is Cn1ccc(CCNc2nccc(C(N)=S)n2)n1. The highest BCUT2D eigenvalue weighted by Crippen LogP contribution is 2.01. The van der Waals surface area contributed by atoms with Crippen LogP contribution in [0.3, 0.4) is 0 Å². The molecule has 0 saturated heterocycles. The lowest BCUT2D eigenvalue weighted by atomic mass is 10.3. The number of hydrogen-bond donors (Lipinski definition) is 2. The van der Waals surface area contributed by atoms with E-state index in [4.69, 9.17) is 18.0 Å².